The van der Waals surface area contributed by atoms with Gasteiger partial charge in [-0.1, -0.05) is 6.07 Å². The summed E-state index contributed by atoms with van der Waals surface area (Å²) in [5.74, 6) is 0.750. The monoisotopic (exact) mass is 282 g/mol. The number of carbonyl (C=O) groups excluding carboxylic acids is 1. The first kappa shape index (κ1) is 14.5. The maximum absolute atomic E-state index is 12.4. The van der Waals surface area contributed by atoms with Gasteiger partial charge in [-0.3, -0.25) is 4.79 Å². The van der Waals surface area contributed by atoms with Crippen molar-refractivity contribution in [1.82, 2.24) is 10.2 Å². The lowest BCUT2D eigenvalue weighted by molar-refractivity contribution is -0.133. The highest BCUT2D eigenvalue weighted by Crippen LogP contribution is 2.17. The minimum Gasteiger partial charge on any atom is -0.383 e. The summed E-state index contributed by atoms with van der Waals surface area (Å²) in [4.78, 5) is 15.5. The third-order valence-electron chi connectivity index (χ3n) is 3.47. The molecule has 1 aliphatic heterocycles. The second kappa shape index (κ2) is 7.62. The number of nitrogens with one attached hydrogen (secondary N) is 1. The summed E-state index contributed by atoms with van der Waals surface area (Å²) in [6.45, 7) is 4.00. The molecule has 2 heterocycles. The molecule has 1 fully saturated rings. The fourth-order valence-corrected chi connectivity index (χ4v) is 3.07. The van der Waals surface area contributed by atoms with E-state index < -0.39 is 0 Å². The fraction of sp³-hybridized carbons (Fsp3) is 0.643. The van der Waals surface area contributed by atoms with Crippen molar-refractivity contribution in [2.45, 2.75) is 19.4 Å². The minimum atomic E-state index is 0.249. The van der Waals surface area contributed by atoms with Gasteiger partial charge in [0.25, 0.3) is 0 Å². The summed E-state index contributed by atoms with van der Waals surface area (Å²) < 4.78 is 5.11. The first-order valence-electron chi connectivity index (χ1n) is 6.79. The quantitative estimate of drug-likeness (QED) is 0.828. The maximum Gasteiger partial charge on any atom is 0.223 e. The van der Waals surface area contributed by atoms with Gasteiger partial charge in [0.05, 0.1) is 13.2 Å². The number of methoxy groups -OCH3 is 1. The van der Waals surface area contributed by atoms with Crippen LogP contribution in [0.4, 0.5) is 0 Å². The van der Waals surface area contributed by atoms with Crippen molar-refractivity contribution in [2.75, 3.05) is 33.4 Å². The fourth-order valence-electron chi connectivity index (χ4n) is 2.35. The second-order valence-corrected chi connectivity index (χ2v) is 5.98. The van der Waals surface area contributed by atoms with E-state index in [1.54, 1.807) is 18.4 Å². The first-order chi connectivity index (χ1) is 9.29. The summed E-state index contributed by atoms with van der Waals surface area (Å²) in [5.41, 5.74) is 0. The van der Waals surface area contributed by atoms with Gasteiger partial charge >= 0.3 is 0 Å². The summed E-state index contributed by atoms with van der Waals surface area (Å²) in [5, 5.41) is 5.36. The second-order valence-electron chi connectivity index (χ2n) is 4.95. The summed E-state index contributed by atoms with van der Waals surface area (Å²) in [6.07, 6.45) is 1.77. The molecule has 1 saturated heterocycles. The summed E-state index contributed by atoms with van der Waals surface area (Å²) in [7, 11) is 1.68. The number of thiophene rings is 1. The SMILES string of the molecule is COCCN(Cc1cccs1)C(=O)C[C@H]1CCNC1. The molecule has 0 bridgehead atoms. The van der Waals surface area contributed by atoms with Gasteiger partial charge in [-0.25, -0.2) is 0 Å². The highest BCUT2D eigenvalue weighted by molar-refractivity contribution is 7.09. The Hall–Kier alpha value is -0.910. The smallest absolute Gasteiger partial charge is 0.223 e. The number of ether oxygens (including phenoxy) is 1. The van der Waals surface area contributed by atoms with Crippen LogP contribution in [0.5, 0.6) is 0 Å². The molecule has 19 heavy (non-hydrogen) atoms. The largest absolute Gasteiger partial charge is 0.383 e. The van der Waals surface area contributed by atoms with Crippen LogP contribution in [0.25, 0.3) is 0 Å². The molecular weight excluding hydrogens is 260 g/mol. The first-order valence-corrected chi connectivity index (χ1v) is 7.67. The van der Waals surface area contributed by atoms with E-state index in [-0.39, 0.29) is 5.91 Å². The third-order valence-corrected chi connectivity index (χ3v) is 4.33. The number of nitrogens with zero attached hydrogens (tertiary/aromatic N) is 1. The minimum absolute atomic E-state index is 0.249. The molecule has 0 aliphatic carbocycles. The van der Waals surface area contributed by atoms with Crippen LogP contribution in [0.15, 0.2) is 17.5 Å². The molecule has 1 aliphatic rings. The van der Waals surface area contributed by atoms with Crippen molar-refractivity contribution < 1.29 is 9.53 Å². The van der Waals surface area contributed by atoms with Crippen LogP contribution in [0.2, 0.25) is 0 Å². The van der Waals surface area contributed by atoms with Crippen LogP contribution in [-0.4, -0.2) is 44.2 Å². The lowest BCUT2D eigenvalue weighted by Crippen LogP contribution is -2.34. The van der Waals surface area contributed by atoms with Gasteiger partial charge in [-0.05, 0) is 36.9 Å². The summed E-state index contributed by atoms with van der Waals surface area (Å²) in [6, 6.07) is 4.11. The molecule has 0 unspecified atom stereocenters. The molecule has 0 saturated carbocycles. The number of hydrogen-bond donors (Lipinski definition) is 1. The van der Waals surface area contributed by atoms with Gasteiger partial charge < -0.3 is 15.0 Å². The van der Waals surface area contributed by atoms with Crippen molar-refractivity contribution in [3.8, 4) is 0 Å². The standard InChI is InChI=1S/C14H22N2O2S/c1-18-7-6-16(11-13-3-2-8-19-13)14(17)9-12-4-5-15-10-12/h2-3,8,12,15H,4-7,9-11H2,1H3/t12-/m1/s1. The van der Waals surface area contributed by atoms with Crippen LogP contribution in [-0.2, 0) is 16.1 Å². The zero-order valence-electron chi connectivity index (χ0n) is 11.4. The molecule has 4 nitrogen and oxygen atoms in total. The van der Waals surface area contributed by atoms with E-state index in [9.17, 15) is 4.79 Å². The normalized spacial score (nSPS) is 18.7. The highest BCUT2D eigenvalue weighted by atomic mass is 32.1. The van der Waals surface area contributed by atoms with E-state index in [2.05, 4.69) is 16.8 Å². The predicted octanol–water partition coefficient (Wildman–Crippen LogP) is 1.72. The van der Waals surface area contributed by atoms with Crippen LogP contribution < -0.4 is 5.32 Å². The number of amides is 1. The molecule has 0 aromatic carbocycles. The number of rotatable bonds is 7. The molecule has 1 amide bonds. The summed E-state index contributed by atoms with van der Waals surface area (Å²) >= 11 is 1.70. The molecule has 0 radical (unpaired) electrons. The number of hydrogen-bond acceptors (Lipinski definition) is 4. The van der Waals surface area contributed by atoms with Gasteiger partial charge in [-0.2, -0.15) is 0 Å². The molecule has 5 heteroatoms. The Morgan fingerprint density at radius 3 is 3.16 bits per heavy atom. The van der Waals surface area contributed by atoms with Crippen molar-refractivity contribution in [3.63, 3.8) is 0 Å². The average molecular weight is 282 g/mol. The Labute approximate surface area is 118 Å². The van der Waals surface area contributed by atoms with E-state index in [0.29, 0.717) is 32.0 Å². The van der Waals surface area contributed by atoms with Crippen molar-refractivity contribution in [3.05, 3.63) is 22.4 Å². The molecule has 106 valence electrons. The van der Waals surface area contributed by atoms with Crippen LogP contribution in [0.1, 0.15) is 17.7 Å². The lowest BCUT2D eigenvalue weighted by Gasteiger charge is -2.23. The van der Waals surface area contributed by atoms with Gasteiger partial charge in [-0.15, -0.1) is 11.3 Å². The molecule has 0 spiro atoms. The van der Waals surface area contributed by atoms with Crippen molar-refractivity contribution >= 4 is 17.2 Å². The molecule has 1 aromatic heterocycles. The maximum atomic E-state index is 12.4. The van der Waals surface area contributed by atoms with Crippen LogP contribution in [0.3, 0.4) is 0 Å². The van der Waals surface area contributed by atoms with Gasteiger partial charge in [0.1, 0.15) is 0 Å². The predicted molar refractivity (Wildman–Crippen MR) is 77.2 cm³/mol. The Bertz CT molecular complexity index is 375. The molecule has 1 N–H and O–H groups in total. The molecule has 1 aromatic rings. The zero-order chi connectivity index (χ0) is 13.5. The molecule has 2 rings (SSSR count). The van der Waals surface area contributed by atoms with Gasteiger partial charge in [0.15, 0.2) is 0 Å². The van der Waals surface area contributed by atoms with E-state index in [0.717, 1.165) is 19.5 Å². The Balaban J connectivity index is 1.89. The Kier molecular flexibility index (Phi) is 5.82. The number of carbonyl (C=O) groups is 1. The van der Waals surface area contributed by atoms with E-state index >= 15 is 0 Å². The highest BCUT2D eigenvalue weighted by Gasteiger charge is 2.22. The third kappa shape index (κ3) is 4.60. The van der Waals surface area contributed by atoms with Crippen molar-refractivity contribution in [1.29, 1.82) is 0 Å². The topological polar surface area (TPSA) is 41.6 Å². The zero-order valence-corrected chi connectivity index (χ0v) is 12.2. The van der Waals surface area contributed by atoms with Crippen LogP contribution >= 0.6 is 11.3 Å². The van der Waals surface area contributed by atoms with Crippen molar-refractivity contribution in [2.24, 2.45) is 5.92 Å². The molecule has 1 atom stereocenters. The average Bonchev–Trinajstić information content (AvgIpc) is 3.07. The van der Waals surface area contributed by atoms with E-state index in [1.165, 1.54) is 4.88 Å². The lowest BCUT2D eigenvalue weighted by atomic mass is 10.0. The molecular formula is C14H22N2O2S. The Morgan fingerprint density at radius 2 is 2.53 bits per heavy atom. The Morgan fingerprint density at radius 1 is 1.63 bits per heavy atom. The van der Waals surface area contributed by atoms with Crippen LogP contribution in [0, 0.1) is 5.92 Å². The van der Waals surface area contributed by atoms with Gasteiger partial charge in [0.2, 0.25) is 5.91 Å². The van der Waals surface area contributed by atoms with E-state index in [1.807, 2.05) is 11.0 Å². The van der Waals surface area contributed by atoms with E-state index in [4.69, 9.17) is 4.74 Å². The van der Waals surface area contributed by atoms with Gasteiger partial charge in [0, 0.05) is 25.0 Å².